The maximum atomic E-state index is 12.2. The van der Waals surface area contributed by atoms with Gasteiger partial charge in [0.1, 0.15) is 12.3 Å². The first-order valence-electron chi connectivity index (χ1n) is 7.87. The molecule has 1 heterocycles. The van der Waals surface area contributed by atoms with Crippen molar-refractivity contribution in [2.75, 3.05) is 0 Å². The number of carbonyl (C=O) groups is 2. The number of nitro groups is 1. The lowest BCUT2D eigenvalue weighted by molar-refractivity contribution is -0.384. The molecule has 1 aliphatic rings. The maximum absolute atomic E-state index is 12.2. The lowest BCUT2D eigenvalue weighted by atomic mass is 10.1. The highest BCUT2D eigenvalue weighted by atomic mass is 16.6. The maximum Gasteiger partial charge on any atom is 0.452 e. The molecule has 0 spiro atoms. The number of benzene rings is 2. The van der Waals surface area contributed by atoms with Crippen LogP contribution in [0.25, 0.3) is 0 Å². The van der Waals surface area contributed by atoms with Gasteiger partial charge in [-0.15, -0.1) is 10.2 Å². The second kappa shape index (κ2) is 7.95. The molecule has 2 N–H and O–H groups in total. The van der Waals surface area contributed by atoms with Gasteiger partial charge in [0, 0.05) is 17.7 Å². The van der Waals surface area contributed by atoms with Crippen LogP contribution in [-0.4, -0.2) is 38.6 Å². The molecule has 142 valence electrons. The number of hydrazone groups is 2. The number of non-ortho nitro benzene ring substituents is 1. The lowest BCUT2D eigenvalue weighted by Crippen LogP contribution is -2.44. The topological polar surface area (TPSA) is 147 Å². The van der Waals surface area contributed by atoms with Crippen LogP contribution >= 0.6 is 0 Å². The molecule has 0 saturated heterocycles. The van der Waals surface area contributed by atoms with Crippen LogP contribution in [0.1, 0.15) is 11.1 Å². The first-order valence-corrected chi connectivity index (χ1v) is 7.87. The van der Waals surface area contributed by atoms with E-state index in [1.807, 2.05) is 6.07 Å². The van der Waals surface area contributed by atoms with Crippen molar-refractivity contribution in [1.82, 2.24) is 10.7 Å². The Morgan fingerprint density at radius 1 is 1.14 bits per heavy atom. The predicted molar refractivity (Wildman–Crippen MR) is 96.3 cm³/mol. The average Bonchev–Trinajstić information content (AvgIpc) is 2.72. The average molecular weight is 383 g/mol. The normalized spacial score (nSPS) is 13.1. The van der Waals surface area contributed by atoms with E-state index >= 15 is 0 Å². The van der Waals surface area contributed by atoms with E-state index in [9.17, 15) is 24.8 Å². The van der Waals surface area contributed by atoms with Crippen LogP contribution < -0.4 is 5.53 Å². The Balaban J connectivity index is 1.81. The highest BCUT2D eigenvalue weighted by Gasteiger charge is 2.28. The SMILES string of the molecule is O=C(O)C1=NNN(C(=O)OCc2ccccc2)N=C1c1ccc([N+](=O)[O-])cc1. The van der Waals surface area contributed by atoms with Gasteiger partial charge >= 0.3 is 12.1 Å². The van der Waals surface area contributed by atoms with Crippen LogP contribution in [0.2, 0.25) is 0 Å². The zero-order valence-electron chi connectivity index (χ0n) is 14.2. The summed E-state index contributed by atoms with van der Waals surface area (Å²) >= 11 is 0. The Labute approximate surface area is 157 Å². The number of amides is 1. The van der Waals surface area contributed by atoms with Crippen molar-refractivity contribution in [3.8, 4) is 0 Å². The van der Waals surface area contributed by atoms with Gasteiger partial charge < -0.3 is 9.84 Å². The number of ether oxygens (including phenoxy) is 1. The van der Waals surface area contributed by atoms with Crippen LogP contribution in [0, 0.1) is 10.1 Å². The van der Waals surface area contributed by atoms with Crippen LogP contribution in [0.4, 0.5) is 10.5 Å². The van der Waals surface area contributed by atoms with E-state index in [1.165, 1.54) is 24.3 Å². The Morgan fingerprint density at radius 2 is 1.82 bits per heavy atom. The summed E-state index contributed by atoms with van der Waals surface area (Å²) in [5.41, 5.74) is 2.38. The second-order valence-corrected chi connectivity index (χ2v) is 5.47. The molecule has 2 aromatic carbocycles. The van der Waals surface area contributed by atoms with Gasteiger partial charge in [-0.25, -0.2) is 9.59 Å². The molecule has 3 rings (SSSR count). The van der Waals surface area contributed by atoms with Crippen molar-refractivity contribution >= 4 is 29.2 Å². The molecular weight excluding hydrogens is 370 g/mol. The first kappa shape index (κ1) is 18.5. The molecule has 1 amide bonds. The van der Waals surface area contributed by atoms with Crippen molar-refractivity contribution in [2.24, 2.45) is 10.2 Å². The number of carboxylic acids is 1. The fourth-order valence-electron chi connectivity index (χ4n) is 2.27. The van der Waals surface area contributed by atoms with Gasteiger partial charge in [0.15, 0.2) is 5.71 Å². The Hall–Kier alpha value is -4.28. The number of rotatable bonds is 5. The molecular formula is C17H13N5O6. The smallest absolute Gasteiger partial charge is 0.452 e. The fourth-order valence-corrected chi connectivity index (χ4v) is 2.27. The fraction of sp³-hybridized carbons (Fsp3) is 0.0588. The van der Waals surface area contributed by atoms with Crippen molar-refractivity contribution < 1.29 is 24.4 Å². The molecule has 11 heteroatoms. The minimum atomic E-state index is -1.39. The molecule has 0 radical (unpaired) electrons. The summed E-state index contributed by atoms with van der Waals surface area (Å²) < 4.78 is 5.11. The standard InChI is InChI=1S/C17H13N5O6/c23-16(24)15-14(12-6-8-13(9-7-12)22(26)27)19-21(20-18-15)17(25)28-10-11-4-2-1-3-5-11/h1-9,20H,10H2,(H,23,24). The zero-order chi connectivity index (χ0) is 20.1. The van der Waals surface area contributed by atoms with Crippen LogP contribution in [0.5, 0.6) is 0 Å². The number of hydrogen-bond donors (Lipinski definition) is 2. The third kappa shape index (κ3) is 4.09. The summed E-state index contributed by atoms with van der Waals surface area (Å²) in [7, 11) is 0. The number of carboxylic acid groups (broad SMARTS) is 1. The van der Waals surface area contributed by atoms with Gasteiger partial charge in [-0.05, 0) is 17.7 Å². The van der Waals surface area contributed by atoms with Crippen molar-refractivity contribution in [3.63, 3.8) is 0 Å². The van der Waals surface area contributed by atoms with Crippen molar-refractivity contribution in [3.05, 3.63) is 75.8 Å². The summed E-state index contributed by atoms with van der Waals surface area (Å²) in [6.07, 6.45) is -0.906. The Morgan fingerprint density at radius 3 is 2.43 bits per heavy atom. The van der Waals surface area contributed by atoms with Gasteiger partial charge in [-0.1, -0.05) is 35.4 Å². The number of nitro benzene ring substituents is 1. The third-order valence-electron chi connectivity index (χ3n) is 3.61. The van der Waals surface area contributed by atoms with Gasteiger partial charge in [-0.3, -0.25) is 10.1 Å². The summed E-state index contributed by atoms with van der Waals surface area (Å²) in [5, 5.41) is 28.3. The summed E-state index contributed by atoms with van der Waals surface area (Å²) in [6, 6.07) is 13.9. The lowest BCUT2D eigenvalue weighted by Gasteiger charge is -2.21. The quantitative estimate of drug-likeness (QED) is 0.592. The molecule has 11 nitrogen and oxygen atoms in total. The van der Waals surface area contributed by atoms with Crippen molar-refractivity contribution in [1.29, 1.82) is 0 Å². The van der Waals surface area contributed by atoms with E-state index in [2.05, 4.69) is 15.7 Å². The first-order chi connectivity index (χ1) is 13.5. The van der Waals surface area contributed by atoms with E-state index in [0.717, 1.165) is 5.56 Å². The molecule has 1 aliphatic heterocycles. The van der Waals surface area contributed by atoms with Gasteiger partial charge in [0.05, 0.1) is 4.92 Å². The van der Waals surface area contributed by atoms with Gasteiger partial charge in [0.25, 0.3) is 5.69 Å². The molecule has 0 saturated carbocycles. The highest BCUT2D eigenvalue weighted by molar-refractivity contribution is 6.68. The molecule has 0 fully saturated rings. The minimum Gasteiger partial charge on any atom is -0.476 e. The zero-order valence-corrected chi connectivity index (χ0v) is 14.2. The number of hydrogen-bond acceptors (Lipinski definition) is 8. The molecule has 0 bridgehead atoms. The Bertz CT molecular complexity index is 971. The molecule has 0 atom stereocenters. The molecule has 0 unspecified atom stereocenters. The summed E-state index contributed by atoms with van der Waals surface area (Å²) in [4.78, 5) is 33.8. The minimum absolute atomic E-state index is 0.0181. The third-order valence-corrected chi connectivity index (χ3v) is 3.61. The monoisotopic (exact) mass is 383 g/mol. The van der Waals surface area contributed by atoms with Crippen molar-refractivity contribution in [2.45, 2.75) is 6.61 Å². The van der Waals surface area contributed by atoms with Crippen LogP contribution in [-0.2, 0) is 16.1 Å². The van der Waals surface area contributed by atoms with E-state index in [4.69, 9.17) is 4.74 Å². The molecule has 2 aromatic rings. The predicted octanol–water partition coefficient (Wildman–Crippen LogP) is 1.90. The number of nitrogens with one attached hydrogen (secondary N) is 1. The largest absolute Gasteiger partial charge is 0.476 e. The highest BCUT2D eigenvalue weighted by Crippen LogP contribution is 2.15. The molecule has 0 aromatic heterocycles. The van der Waals surface area contributed by atoms with E-state index < -0.39 is 22.7 Å². The molecule has 28 heavy (non-hydrogen) atoms. The van der Waals surface area contributed by atoms with Crippen LogP contribution in [0.3, 0.4) is 0 Å². The summed E-state index contributed by atoms with van der Waals surface area (Å²) in [5.74, 6) is -1.39. The van der Waals surface area contributed by atoms with Gasteiger partial charge in [0.2, 0.25) is 0 Å². The van der Waals surface area contributed by atoms with Crippen LogP contribution in [0.15, 0.2) is 64.8 Å². The van der Waals surface area contributed by atoms with E-state index in [-0.39, 0.29) is 23.6 Å². The number of aliphatic carboxylic acids is 1. The molecule has 0 aliphatic carbocycles. The summed E-state index contributed by atoms with van der Waals surface area (Å²) in [6.45, 7) is -0.0181. The number of hydrazine groups is 1. The second-order valence-electron chi connectivity index (χ2n) is 5.47. The van der Waals surface area contributed by atoms with Gasteiger partial charge in [-0.2, -0.15) is 5.53 Å². The van der Waals surface area contributed by atoms with E-state index in [0.29, 0.717) is 5.12 Å². The Kier molecular flexibility index (Phi) is 5.25. The van der Waals surface area contributed by atoms with E-state index in [1.54, 1.807) is 24.3 Å². The number of nitrogens with zero attached hydrogens (tertiary/aromatic N) is 4. The number of carbonyl (C=O) groups excluding carboxylic acids is 1.